The number of esters is 1. The van der Waals surface area contributed by atoms with Crippen molar-refractivity contribution in [1.29, 1.82) is 0 Å². The molecule has 0 amide bonds. The molecule has 0 aliphatic carbocycles. The third kappa shape index (κ3) is 3.61. The molecule has 10 heteroatoms. The number of fused-ring (bicyclic) bond motifs is 1. The maximum atomic E-state index is 12.8. The third-order valence-electron chi connectivity index (χ3n) is 3.85. The molecule has 0 fully saturated rings. The molecule has 0 saturated heterocycles. The van der Waals surface area contributed by atoms with Gasteiger partial charge < -0.3 is 18.7 Å². The molecule has 0 unspecified atom stereocenters. The number of hydrogen-bond donors (Lipinski definition) is 0. The maximum absolute atomic E-state index is 12.8. The molecule has 0 saturated carbocycles. The highest BCUT2D eigenvalue weighted by Crippen LogP contribution is 2.33. The van der Waals surface area contributed by atoms with Crippen LogP contribution in [-0.4, -0.2) is 22.9 Å². The number of carbonyl (C=O) groups excluding carboxylic acids is 1. The number of hydrogen-bond acceptors (Lipinski definition) is 7. The van der Waals surface area contributed by atoms with E-state index in [9.17, 15) is 18.0 Å². The molecule has 0 spiro atoms. The highest BCUT2D eigenvalue weighted by molar-refractivity contribution is 5.90. The van der Waals surface area contributed by atoms with E-state index < -0.39 is 17.7 Å². The zero-order valence-electron chi connectivity index (χ0n) is 14.0. The summed E-state index contributed by atoms with van der Waals surface area (Å²) in [7, 11) is 0. The number of aromatic nitrogens is 2. The Hall–Kier alpha value is -3.56. The van der Waals surface area contributed by atoms with Gasteiger partial charge in [0.1, 0.15) is 0 Å². The van der Waals surface area contributed by atoms with E-state index in [1.165, 1.54) is 24.3 Å². The summed E-state index contributed by atoms with van der Waals surface area (Å²) in [6, 6.07) is 9.09. The van der Waals surface area contributed by atoms with Crippen LogP contribution < -0.4 is 9.47 Å². The molecular weight excluding hydrogens is 381 g/mol. The maximum Gasteiger partial charge on any atom is 0.416 e. The Kier molecular flexibility index (Phi) is 4.38. The molecule has 7 nitrogen and oxygen atoms in total. The number of rotatable bonds is 4. The molecule has 0 atom stereocenters. The summed E-state index contributed by atoms with van der Waals surface area (Å²) in [6.45, 7) is -0.257. The van der Waals surface area contributed by atoms with E-state index >= 15 is 0 Å². The van der Waals surface area contributed by atoms with Crippen molar-refractivity contribution in [2.75, 3.05) is 6.79 Å². The van der Waals surface area contributed by atoms with Gasteiger partial charge in [0.2, 0.25) is 12.6 Å². The number of carbonyl (C=O) groups is 1. The second-order valence-corrected chi connectivity index (χ2v) is 5.73. The van der Waals surface area contributed by atoms with Gasteiger partial charge in [-0.2, -0.15) is 18.2 Å². The standard InChI is InChI=1S/C18H11F3N2O5/c19-18(20,21)12-3-1-2-10(6-12)16-22-15(28-23-16)8-25-17(24)11-4-5-13-14(7-11)27-9-26-13/h1-7H,8-9H2. The van der Waals surface area contributed by atoms with E-state index in [1.807, 2.05) is 0 Å². The third-order valence-corrected chi connectivity index (χ3v) is 3.85. The fourth-order valence-corrected chi connectivity index (χ4v) is 2.50. The number of nitrogens with zero attached hydrogens (tertiary/aromatic N) is 2. The van der Waals surface area contributed by atoms with Gasteiger partial charge >= 0.3 is 12.1 Å². The molecule has 3 aromatic rings. The summed E-state index contributed by atoms with van der Waals surface area (Å²) in [5.41, 5.74) is -0.459. The van der Waals surface area contributed by atoms with Gasteiger partial charge in [-0.15, -0.1) is 0 Å². The molecule has 1 aliphatic rings. The van der Waals surface area contributed by atoms with Crippen LogP contribution in [-0.2, 0) is 17.5 Å². The van der Waals surface area contributed by atoms with E-state index in [4.69, 9.17) is 18.7 Å². The van der Waals surface area contributed by atoms with Crippen molar-refractivity contribution >= 4 is 5.97 Å². The number of benzene rings is 2. The molecule has 0 bridgehead atoms. The van der Waals surface area contributed by atoms with Crippen molar-refractivity contribution in [3.63, 3.8) is 0 Å². The van der Waals surface area contributed by atoms with Crippen LogP contribution in [0.5, 0.6) is 11.5 Å². The molecule has 2 aromatic carbocycles. The minimum absolute atomic E-state index is 0.0415. The van der Waals surface area contributed by atoms with Crippen LogP contribution >= 0.6 is 0 Å². The van der Waals surface area contributed by atoms with Crippen LogP contribution in [0.2, 0.25) is 0 Å². The summed E-state index contributed by atoms with van der Waals surface area (Å²) in [5, 5.41) is 3.63. The second kappa shape index (κ2) is 6.87. The van der Waals surface area contributed by atoms with Crippen molar-refractivity contribution in [3.8, 4) is 22.9 Å². The highest BCUT2D eigenvalue weighted by Gasteiger charge is 2.30. The lowest BCUT2D eigenvalue weighted by Crippen LogP contribution is -2.05. The van der Waals surface area contributed by atoms with Crippen molar-refractivity contribution in [2.24, 2.45) is 0 Å². The zero-order chi connectivity index (χ0) is 19.7. The number of ether oxygens (including phenoxy) is 3. The molecule has 1 aromatic heterocycles. The molecule has 0 N–H and O–H groups in total. The molecule has 4 rings (SSSR count). The van der Waals surface area contributed by atoms with E-state index in [0.717, 1.165) is 12.1 Å². The van der Waals surface area contributed by atoms with Gasteiger partial charge in [-0.1, -0.05) is 17.3 Å². The second-order valence-electron chi connectivity index (χ2n) is 5.73. The fourth-order valence-electron chi connectivity index (χ4n) is 2.50. The van der Waals surface area contributed by atoms with E-state index in [2.05, 4.69) is 10.1 Å². The lowest BCUT2D eigenvalue weighted by Gasteiger charge is -2.06. The van der Waals surface area contributed by atoms with E-state index in [0.29, 0.717) is 11.5 Å². The first-order valence-corrected chi connectivity index (χ1v) is 7.97. The van der Waals surface area contributed by atoms with Gasteiger partial charge in [-0.25, -0.2) is 4.79 Å². The largest absolute Gasteiger partial charge is 0.454 e. The Morgan fingerprint density at radius 3 is 2.75 bits per heavy atom. The Morgan fingerprint density at radius 2 is 1.93 bits per heavy atom. The first-order chi connectivity index (χ1) is 13.4. The SMILES string of the molecule is O=C(OCc1nc(-c2cccc(C(F)(F)F)c2)no1)c1ccc2c(c1)OCO2. The first kappa shape index (κ1) is 17.8. The minimum Gasteiger partial charge on any atom is -0.454 e. The summed E-state index contributed by atoms with van der Waals surface area (Å²) in [6.07, 6.45) is -4.48. The normalized spacial score (nSPS) is 12.8. The number of alkyl halides is 3. The van der Waals surface area contributed by atoms with E-state index in [1.54, 1.807) is 6.07 Å². The minimum atomic E-state index is -4.48. The molecule has 0 radical (unpaired) electrons. The summed E-state index contributed by atoms with van der Waals surface area (Å²) < 4.78 is 58.8. The van der Waals surface area contributed by atoms with Crippen molar-refractivity contribution in [3.05, 3.63) is 59.5 Å². The number of halogens is 3. The van der Waals surface area contributed by atoms with Gasteiger partial charge in [-0.05, 0) is 30.3 Å². The molecular formula is C18H11F3N2O5. The van der Waals surface area contributed by atoms with Crippen molar-refractivity contribution in [1.82, 2.24) is 10.1 Å². The monoisotopic (exact) mass is 392 g/mol. The van der Waals surface area contributed by atoms with Gasteiger partial charge in [0.15, 0.2) is 18.1 Å². The first-order valence-electron chi connectivity index (χ1n) is 7.97. The van der Waals surface area contributed by atoms with Gasteiger partial charge in [-0.3, -0.25) is 0 Å². The van der Waals surface area contributed by atoms with Crippen LogP contribution in [0, 0.1) is 0 Å². The van der Waals surface area contributed by atoms with Gasteiger partial charge in [0, 0.05) is 5.56 Å². The van der Waals surface area contributed by atoms with Crippen LogP contribution in [0.4, 0.5) is 13.2 Å². The topological polar surface area (TPSA) is 83.7 Å². The Bertz CT molecular complexity index is 1030. The predicted molar refractivity (Wildman–Crippen MR) is 86.4 cm³/mol. The average Bonchev–Trinajstić information content (AvgIpc) is 3.34. The predicted octanol–water partition coefficient (Wildman–Crippen LogP) is 3.84. The Morgan fingerprint density at radius 1 is 1.11 bits per heavy atom. The molecule has 144 valence electrons. The average molecular weight is 392 g/mol. The quantitative estimate of drug-likeness (QED) is 0.624. The lowest BCUT2D eigenvalue weighted by atomic mass is 10.1. The summed E-state index contributed by atoms with van der Waals surface area (Å²) in [5.74, 6) is 0.206. The van der Waals surface area contributed by atoms with Crippen LogP contribution in [0.25, 0.3) is 11.4 Å². The Labute approximate surface area is 155 Å². The zero-order valence-corrected chi connectivity index (χ0v) is 14.0. The smallest absolute Gasteiger partial charge is 0.416 e. The van der Waals surface area contributed by atoms with E-state index in [-0.39, 0.29) is 36.2 Å². The van der Waals surface area contributed by atoms with Crippen LogP contribution in [0.1, 0.15) is 21.8 Å². The summed E-state index contributed by atoms with van der Waals surface area (Å²) >= 11 is 0. The lowest BCUT2D eigenvalue weighted by molar-refractivity contribution is -0.137. The molecule has 2 heterocycles. The van der Waals surface area contributed by atoms with Crippen LogP contribution in [0.3, 0.4) is 0 Å². The Balaban J connectivity index is 1.43. The van der Waals surface area contributed by atoms with Gasteiger partial charge in [0.25, 0.3) is 5.89 Å². The molecule has 1 aliphatic heterocycles. The highest BCUT2D eigenvalue weighted by atomic mass is 19.4. The fraction of sp³-hybridized carbons (Fsp3) is 0.167. The summed E-state index contributed by atoms with van der Waals surface area (Å²) in [4.78, 5) is 16.1. The van der Waals surface area contributed by atoms with Gasteiger partial charge in [0.05, 0.1) is 11.1 Å². The molecule has 28 heavy (non-hydrogen) atoms. The van der Waals surface area contributed by atoms with Crippen molar-refractivity contribution < 1.29 is 36.7 Å². The van der Waals surface area contributed by atoms with Crippen molar-refractivity contribution in [2.45, 2.75) is 12.8 Å². The van der Waals surface area contributed by atoms with Crippen LogP contribution in [0.15, 0.2) is 47.0 Å².